The highest BCUT2D eigenvalue weighted by Gasteiger charge is 2.04. The number of aldehydes is 1. The average Bonchev–Trinajstić information content (AvgIpc) is 2.22. The van der Waals surface area contributed by atoms with Gasteiger partial charge in [0.1, 0.15) is 6.29 Å². The van der Waals surface area contributed by atoms with E-state index >= 15 is 0 Å². The molecule has 0 unspecified atom stereocenters. The summed E-state index contributed by atoms with van der Waals surface area (Å²) in [5, 5.41) is 15.3. The minimum atomic E-state index is -0.899. The van der Waals surface area contributed by atoms with Crippen LogP contribution in [-0.4, -0.2) is 54.1 Å². The second-order valence-electron chi connectivity index (χ2n) is 1.89. The lowest BCUT2D eigenvalue weighted by molar-refractivity contribution is -0.138. The molecule has 0 saturated heterocycles. The van der Waals surface area contributed by atoms with Crippen LogP contribution in [0.1, 0.15) is 20.8 Å². The molecule has 0 saturated carbocycles. The third kappa shape index (κ3) is 17.2. The van der Waals surface area contributed by atoms with Crippen LogP contribution in [0.2, 0.25) is 0 Å². The zero-order valence-electron chi connectivity index (χ0n) is 9.36. The van der Waals surface area contributed by atoms with Crippen LogP contribution in [0, 0.1) is 0 Å². The first kappa shape index (κ1) is 18.8. The molecule has 0 rings (SSSR count). The Bertz CT molecular complexity index is 128. The zero-order chi connectivity index (χ0) is 12.0. The van der Waals surface area contributed by atoms with Crippen LogP contribution in [0.5, 0.6) is 0 Å². The molecule has 0 aliphatic carbocycles. The highest BCUT2D eigenvalue weighted by atomic mass is 16.4. The Labute approximate surface area is 85.3 Å². The predicted molar refractivity (Wildman–Crippen MR) is 55.3 cm³/mol. The lowest BCUT2D eigenvalue weighted by atomic mass is 10.5. The first-order valence-corrected chi connectivity index (χ1v) is 4.53. The van der Waals surface area contributed by atoms with Gasteiger partial charge < -0.3 is 15.0 Å². The Balaban J connectivity index is -0.000000266. The standard InChI is InChI=1S/C6H11NO3.C2H6.CH4O/c1-2-7(3-4-8)5-6(9)10;2*1-2/h4H,2-3,5H2,1H3,(H,9,10);1-2H3;2H,1H3. The summed E-state index contributed by atoms with van der Waals surface area (Å²) < 4.78 is 0. The summed E-state index contributed by atoms with van der Waals surface area (Å²) >= 11 is 0. The summed E-state index contributed by atoms with van der Waals surface area (Å²) in [6.45, 7) is 6.54. The summed E-state index contributed by atoms with van der Waals surface area (Å²) in [6.07, 6.45) is 0.701. The van der Waals surface area contributed by atoms with E-state index in [-0.39, 0.29) is 13.1 Å². The molecule has 5 heteroatoms. The first-order valence-electron chi connectivity index (χ1n) is 4.53. The van der Waals surface area contributed by atoms with Crippen molar-refractivity contribution in [3.8, 4) is 0 Å². The van der Waals surface area contributed by atoms with Crippen molar-refractivity contribution in [3.63, 3.8) is 0 Å². The summed E-state index contributed by atoms with van der Waals surface area (Å²) in [5.41, 5.74) is 0. The molecule has 0 heterocycles. The number of nitrogens with zero attached hydrogens (tertiary/aromatic N) is 1. The van der Waals surface area contributed by atoms with Gasteiger partial charge in [0.2, 0.25) is 0 Å². The van der Waals surface area contributed by atoms with Crippen LogP contribution >= 0.6 is 0 Å². The largest absolute Gasteiger partial charge is 0.480 e. The van der Waals surface area contributed by atoms with E-state index in [1.54, 1.807) is 0 Å². The van der Waals surface area contributed by atoms with Crippen molar-refractivity contribution in [2.45, 2.75) is 20.8 Å². The van der Waals surface area contributed by atoms with Gasteiger partial charge in [-0.25, -0.2) is 0 Å². The lowest BCUT2D eigenvalue weighted by Crippen LogP contribution is -2.30. The number of hydrogen-bond donors (Lipinski definition) is 2. The van der Waals surface area contributed by atoms with Crippen molar-refractivity contribution < 1.29 is 19.8 Å². The van der Waals surface area contributed by atoms with E-state index in [9.17, 15) is 9.59 Å². The van der Waals surface area contributed by atoms with E-state index in [4.69, 9.17) is 10.2 Å². The molecule has 0 aliphatic rings. The topological polar surface area (TPSA) is 77.8 Å². The van der Waals surface area contributed by atoms with Gasteiger partial charge in [-0.3, -0.25) is 9.69 Å². The van der Waals surface area contributed by atoms with Gasteiger partial charge in [0.15, 0.2) is 0 Å². The second-order valence-corrected chi connectivity index (χ2v) is 1.89. The highest BCUT2D eigenvalue weighted by molar-refractivity contribution is 5.69. The Morgan fingerprint density at radius 2 is 1.79 bits per heavy atom. The summed E-state index contributed by atoms with van der Waals surface area (Å²) in [7, 11) is 1.00. The molecule has 86 valence electrons. The van der Waals surface area contributed by atoms with E-state index in [1.807, 2.05) is 20.8 Å². The molecule has 0 aromatic carbocycles. The van der Waals surface area contributed by atoms with Crippen LogP contribution in [0.15, 0.2) is 0 Å². The lowest BCUT2D eigenvalue weighted by Gasteiger charge is -2.12. The Morgan fingerprint density at radius 3 is 2.00 bits per heavy atom. The van der Waals surface area contributed by atoms with Gasteiger partial charge in [-0.2, -0.15) is 0 Å². The number of likely N-dealkylation sites (N-methyl/N-ethyl adjacent to an activating group) is 1. The average molecular weight is 207 g/mol. The summed E-state index contributed by atoms with van der Waals surface area (Å²) in [4.78, 5) is 21.5. The number of carbonyl (C=O) groups is 2. The van der Waals surface area contributed by atoms with Crippen LogP contribution in [0.3, 0.4) is 0 Å². The van der Waals surface area contributed by atoms with Gasteiger partial charge in [0, 0.05) is 7.11 Å². The number of carboxylic acids is 1. The maximum atomic E-state index is 10.1. The molecule has 0 aromatic heterocycles. The number of aliphatic carboxylic acids is 1. The zero-order valence-corrected chi connectivity index (χ0v) is 9.36. The number of aliphatic hydroxyl groups is 1. The quantitative estimate of drug-likeness (QED) is 0.631. The SMILES string of the molecule is CC.CCN(CC=O)CC(=O)O.CO. The predicted octanol–water partition coefficient (Wildman–Crippen LogP) is 0.226. The number of hydrogen-bond acceptors (Lipinski definition) is 4. The van der Waals surface area contributed by atoms with Gasteiger partial charge >= 0.3 is 5.97 Å². The van der Waals surface area contributed by atoms with Crippen molar-refractivity contribution in [3.05, 3.63) is 0 Å². The van der Waals surface area contributed by atoms with Gasteiger partial charge in [-0.15, -0.1) is 0 Å². The molecule has 0 bridgehead atoms. The molecule has 14 heavy (non-hydrogen) atoms. The molecule has 0 aromatic rings. The molecule has 2 N–H and O–H groups in total. The molecule has 0 fully saturated rings. The van der Waals surface area contributed by atoms with Crippen LogP contribution in [0.25, 0.3) is 0 Å². The molecule has 5 nitrogen and oxygen atoms in total. The van der Waals surface area contributed by atoms with Crippen LogP contribution < -0.4 is 0 Å². The van der Waals surface area contributed by atoms with Crippen molar-refractivity contribution in [1.29, 1.82) is 0 Å². The van der Waals surface area contributed by atoms with E-state index in [0.717, 1.165) is 7.11 Å². The molecule has 0 atom stereocenters. The van der Waals surface area contributed by atoms with Gasteiger partial charge in [-0.05, 0) is 6.54 Å². The molecular weight excluding hydrogens is 186 g/mol. The second kappa shape index (κ2) is 18.0. The number of rotatable bonds is 5. The Morgan fingerprint density at radius 1 is 1.36 bits per heavy atom. The van der Waals surface area contributed by atoms with E-state index < -0.39 is 5.97 Å². The minimum Gasteiger partial charge on any atom is -0.480 e. The molecule has 0 aliphatic heterocycles. The monoisotopic (exact) mass is 207 g/mol. The number of carbonyl (C=O) groups excluding carboxylic acids is 1. The van der Waals surface area contributed by atoms with Crippen LogP contribution in [-0.2, 0) is 9.59 Å². The third-order valence-electron chi connectivity index (χ3n) is 1.14. The molecule has 0 spiro atoms. The normalized spacial score (nSPS) is 7.86. The molecular formula is C9H21NO4. The maximum absolute atomic E-state index is 10.1. The first-order chi connectivity index (χ1) is 6.70. The number of carboxylic acid groups (broad SMARTS) is 1. The summed E-state index contributed by atoms with van der Waals surface area (Å²) in [5.74, 6) is -0.899. The van der Waals surface area contributed by atoms with Gasteiger partial charge in [-0.1, -0.05) is 20.8 Å². The molecule has 0 radical (unpaired) electrons. The minimum absolute atomic E-state index is 0.0603. The van der Waals surface area contributed by atoms with Crippen molar-refractivity contribution in [1.82, 2.24) is 4.90 Å². The van der Waals surface area contributed by atoms with Gasteiger partial charge in [0.25, 0.3) is 0 Å². The highest BCUT2D eigenvalue weighted by Crippen LogP contribution is 1.83. The van der Waals surface area contributed by atoms with Crippen molar-refractivity contribution in [2.24, 2.45) is 0 Å². The van der Waals surface area contributed by atoms with Crippen LogP contribution in [0.4, 0.5) is 0 Å². The Kier molecular flexibility index (Phi) is 24.1. The number of aliphatic hydroxyl groups excluding tert-OH is 1. The van der Waals surface area contributed by atoms with Gasteiger partial charge in [0.05, 0.1) is 13.1 Å². The van der Waals surface area contributed by atoms with Crippen molar-refractivity contribution in [2.75, 3.05) is 26.7 Å². The smallest absolute Gasteiger partial charge is 0.317 e. The van der Waals surface area contributed by atoms with Crippen molar-refractivity contribution >= 4 is 12.3 Å². The Hall–Kier alpha value is -0.940. The third-order valence-corrected chi connectivity index (χ3v) is 1.14. The maximum Gasteiger partial charge on any atom is 0.317 e. The van der Waals surface area contributed by atoms with E-state index in [0.29, 0.717) is 12.8 Å². The fraction of sp³-hybridized carbons (Fsp3) is 0.778. The van der Waals surface area contributed by atoms with E-state index in [1.165, 1.54) is 4.90 Å². The fourth-order valence-corrected chi connectivity index (χ4v) is 0.602. The fourth-order valence-electron chi connectivity index (χ4n) is 0.602. The summed E-state index contributed by atoms with van der Waals surface area (Å²) in [6, 6.07) is 0. The van der Waals surface area contributed by atoms with E-state index in [2.05, 4.69) is 0 Å². The molecule has 0 amide bonds.